The van der Waals surface area contributed by atoms with Gasteiger partial charge in [-0.25, -0.2) is 28.6 Å². The zero-order chi connectivity index (χ0) is 21.3. The van der Waals surface area contributed by atoms with Crippen molar-refractivity contribution in [3.8, 4) is 16.9 Å². The number of rotatable bonds is 5. The van der Waals surface area contributed by atoms with Crippen molar-refractivity contribution in [1.82, 2.24) is 25.1 Å². The van der Waals surface area contributed by atoms with Gasteiger partial charge in [-0.2, -0.15) is 5.10 Å². The van der Waals surface area contributed by atoms with Crippen LogP contribution in [0, 0.1) is 5.82 Å². The van der Waals surface area contributed by atoms with Gasteiger partial charge in [-0.1, -0.05) is 6.92 Å². The first kappa shape index (κ1) is 19.3. The van der Waals surface area contributed by atoms with Gasteiger partial charge in [-0.15, -0.1) is 0 Å². The fourth-order valence-electron chi connectivity index (χ4n) is 3.04. The van der Waals surface area contributed by atoms with E-state index in [0.29, 0.717) is 17.1 Å². The minimum atomic E-state index is -0.782. The van der Waals surface area contributed by atoms with E-state index in [-0.39, 0.29) is 24.4 Å². The number of ether oxygens (including phenoxy) is 1. The van der Waals surface area contributed by atoms with Crippen molar-refractivity contribution in [3.63, 3.8) is 0 Å². The van der Waals surface area contributed by atoms with Crippen molar-refractivity contribution in [2.45, 2.75) is 19.6 Å². The molecule has 0 saturated carbocycles. The highest BCUT2D eigenvalue weighted by Gasteiger charge is 2.33. The third-order valence-electron chi connectivity index (χ3n) is 4.58. The largest absolute Gasteiger partial charge is 0.423 e. The molecule has 0 bridgehead atoms. The summed E-state index contributed by atoms with van der Waals surface area (Å²) in [6.45, 7) is 1.77. The Morgan fingerprint density at radius 1 is 1.33 bits per heavy atom. The second-order valence-corrected chi connectivity index (χ2v) is 6.50. The Hall–Kier alpha value is -4.02. The van der Waals surface area contributed by atoms with Gasteiger partial charge in [-0.05, 0) is 30.3 Å². The van der Waals surface area contributed by atoms with E-state index in [1.54, 1.807) is 25.1 Å². The molecule has 1 aliphatic rings. The number of benzene rings is 1. The van der Waals surface area contributed by atoms with Gasteiger partial charge in [0, 0.05) is 23.7 Å². The van der Waals surface area contributed by atoms with Crippen molar-refractivity contribution in [1.29, 1.82) is 0 Å². The van der Waals surface area contributed by atoms with Gasteiger partial charge < -0.3 is 10.1 Å². The zero-order valence-corrected chi connectivity index (χ0v) is 15.8. The predicted octanol–water partition coefficient (Wildman–Crippen LogP) is 1.57. The van der Waals surface area contributed by atoms with Crippen molar-refractivity contribution < 1.29 is 18.7 Å². The van der Waals surface area contributed by atoms with Crippen LogP contribution in [0.15, 0.2) is 47.7 Å². The summed E-state index contributed by atoms with van der Waals surface area (Å²) in [5.41, 5.74) is 0.651. The molecule has 1 aromatic carbocycles. The Morgan fingerprint density at radius 3 is 2.80 bits per heavy atom. The van der Waals surface area contributed by atoms with Crippen molar-refractivity contribution in [2.24, 2.45) is 0 Å². The Bertz CT molecular complexity index is 1160. The minimum Gasteiger partial charge on any atom is -0.423 e. The van der Waals surface area contributed by atoms with Crippen LogP contribution in [0.2, 0.25) is 0 Å². The summed E-state index contributed by atoms with van der Waals surface area (Å²) in [4.78, 5) is 40.6. The Labute approximate surface area is 169 Å². The first-order valence-corrected chi connectivity index (χ1v) is 9.12. The van der Waals surface area contributed by atoms with E-state index in [2.05, 4.69) is 20.5 Å². The van der Waals surface area contributed by atoms with Crippen LogP contribution in [-0.4, -0.2) is 44.5 Å². The van der Waals surface area contributed by atoms with E-state index >= 15 is 0 Å². The van der Waals surface area contributed by atoms with Gasteiger partial charge >= 0.3 is 11.8 Å². The first-order valence-electron chi connectivity index (χ1n) is 9.12. The van der Waals surface area contributed by atoms with E-state index in [9.17, 15) is 18.8 Å². The third-order valence-corrected chi connectivity index (χ3v) is 4.58. The highest BCUT2D eigenvalue weighted by Crippen LogP contribution is 2.28. The number of nitrogens with zero attached hydrogens (tertiary/aromatic N) is 4. The molecule has 3 heterocycles. The van der Waals surface area contributed by atoms with Gasteiger partial charge in [0.25, 0.3) is 0 Å². The maximum absolute atomic E-state index is 14.8. The number of carbonyl (C=O) groups excluding carboxylic acids is 2. The van der Waals surface area contributed by atoms with Gasteiger partial charge in [0.2, 0.25) is 5.91 Å². The molecule has 154 valence electrons. The van der Waals surface area contributed by atoms with Crippen molar-refractivity contribution >= 4 is 17.7 Å². The number of nitrogens with one attached hydrogen (secondary N) is 2. The summed E-state index contributed by atoms with van der Waals surface area (Å²) >= 11 is 0. The number of carbonyl (C=O) groups is 2. The van der Waals surface area contributed by atoms with Crippen LogP contribution in [0.5, 0.6) is 0 Å². The van der Waals surface area contributed by atoms with E-state index in [0.717, 1.165) is 0 Å². The molecule has 0 spiro atoms. The molecule has 1 atom stereocenters. The normalized spacial score (nSPS) is 15.9. The number of anilines is 1. The van der Waals surface area contributed by atoms with Crippen LogP contribution in [0.1, 0.15) is 13.3 Å². The topological polar surface area (TPSA) is 122 Å². The number of hydrogen-bond donors (Lipinski definition) is 2. The molecule has 0 radical (unpaired) electrons. The number of pyridine rings is 1. The van der Waals surface area contributed by atoms with Gasteiger partial charge in [0.05, 0.1) is 12.2 Å². The summed E-state index contributed by atoms with van der Waals surface area (Å²) in [5.74, 6) is -0.462. The SMILES string of the molecule is CCC(=O)NC1CN(c2ccc(-c3ccc(-n4cn[nH]c4=O)nc3)c(F)c2)C(=O)O1. The van der Waals surface area contributed by atoms with Gasteiger partial charge in [0.1, 0.15) is 18.0 Å². The number of H-pyrrole nitrogens is 1. The lowest BCUT2D eigenvalue weighted by atomic mass is 10.1. The molecule has 1 saturated heterocycles. The zero-order valence-electron chi connectivity index (χ0n) is 15.8. The molecule has 11 heteroatoms. The molecule has 1 fully saturated rings. The van der Waals surface area contributed by atoms with Crippen LogP contribution in [0.25, 0.3) is 16.9 Å². The number of halogens is 1. The Balaban J connectivity index is 1.54. The lowest BCUT2D eigenvalue weighted by Gasteiger charge is -2.14. The fraction of sp³-hybridized carbons (Fsp3) is 0.211. The van der Waals surface area contributed by atoms with Gasteiger partial charge in [-0.3, -0.25) is 9.69 Å². The fourth-order valence-corrected chi connectivity index (χ4v) is 3.04. The number of aromatic nitrogens is 4. The Morgan fingerprint density at radius 2 is 2.17 bits per heavy atom. The predicted molar refractivity (Wildman–Crippen MR) is 103 cm³/mol. The highest BCUT2D eigenvalue weighted by molar-refractivity contribution is 5.90. The molecular weight excluding hydrogens is 395 g/mol. The summed E-state index contributed by atoms with van der Waals surface area (Å²) in [6.07, 6.45) is 1.55. The molecule has 1 unspecified atom stereocenters. The summed E-state index contributed by atoms with van der Waals surface area (Å²) in [6, 6.07) is 7.52. The maximum atomic E-state index is 14.8. The van der Waals surface area contributed by atoms with E-state index in [1.165, 1.54) is 34.1 Å². The summed E-state index contributed by atoms with van der Waals surface area (Å²) < 4.78 is 21.1. The monoisotopic (exact) mass is 412 g/mol. The highest BCUT2D eigenvalue weighted by atomic mass is 19.1. The van der Waals surface area contributed by atoms with Crippen LogP contribution >= 0.6 is 0 Å². The molecule has 4 rings (SSSR count). The molecule has 2 N–H and O–H groups in total. The van der Waals surface area contributed by atoms with Crippen LogP contribution < -0.4 is 15.9 Å². The second kappa shape index (κ2) is 7.78. The maximum Gasteiger partial charge on any atom is 0.416 e. The molecule has 1 aliphatic heterocycles. The van der Waals surface area contributed by atoms with E-state index < -0.39 is 23.8 Å². The quantitative estimate of drug-likeness (QED) is 0.656. The van der Waals surface area contributed by atoms with Crippen LogP contribution in [0.3, 0.4) is 0 Å². The number of cyclic esters (lactones) is 1. The van der Waals surface area contributed by atoms with Crippen molar-refractivity contribution in [2.75, 3.05) is 11.4 Å². The molecule has 2 aromatic heterocycles. The number of hydrogen-bond acceptors (Lipinski definition) is 6. The number of amides is 2. The smallest absolute Gasteiger partial charge is 0.416 e. The average molecular weight is 412 g/mol. The Kier molecular flexibility index (Phi) is 5.00. The number of aromatic amines is 1. The molecule has 10 nitrogen and oxygen atoms in total. The van der Waals surface area contributed by atoms with E-state index in [4.69, 9.17) is 4.74 Å². The molecule has 3 aromatic rings. The minimum absolute atomic E-state index is 0.0824. The molecular formula is C19H17FN6O4. The lowest BCUT2D eigenvalue weighted by molar-refractivity contribution is -0.123. The lowest BCUT2D eigenvalue weighted by Crippen LogP contribution is -2.37. The average Bonchev–Trinajstić information content (AvgIpc) is 3.33. The molecule has 0 aliphatic carbocycles. The second-order valence-electron chi connectivity index (χ2n) is 6.50. The van der Waals surface area contributed by atoms with Crippen LogP contribution in [0.4, 0.5) is 14.9 Å². The van der Waals surface area contributed by atoms with Crippen molar-refractivity contribution in [3.05, 3.63) is 59.2 Å². The van der Waals surface area contributed by atoms with E-state index in [1.807, 2.05) is 0 Å². The molecule has 2 amide bonds. The molecule has 30 heavy (non-hydrogen) atoms. The third kappa shape index (κ3) is 3.64. The van der Waals surface area contributed by atoms with Gasteiger partial charge in [0.15, 0.2) is 6.23 Å². The summed E-state index contributed by atoms with van der Waals surface area (Å²) in [5, 5.41) is 8.47. The standard InChI is InChI=1S/C19H17FN6O4/c1-2-16(27)23-17-9-25(19(29)30-17)12-4-5-13(14(20)7-12)11-3-6-15(21-8-11)26-10-22-24-18(26)28/h3-8,10,17H,2,9H2,1H3,(H,23,27)(H,24,28). The first-order chi connectivity index (χ1) is 14.5. The van der Waals surface area contributed by atoms with Crippen LogP contribution in [-0.2, 0) is 9.53 Å². The summed E-state index contributed by atoms with van der Waals surface area (Å²) in [7, 11) is 0.